The van der Waals surface area contributed by atoms with E-state index in [4.69, 9.17) is 4.74 Å². The summed E-state index contributed by atoms with van der Waals surface area (Å²) in [4.78, 5) is 25.7. The van der Waals surface area contributed by atoms with Gasteiger partial charge in [-0.05, 0) is 36.5 Å². The Balaban J connectivity index is 1.71. The van der Waals surface area contributed by atoms with Crippen LogP contribution in [0.5, 0.6) is 0 Å². The number of carbonyl (C=O) groups excluding carboxylic acids is 1. The van der Waals surface area contributed by atoms with Gasteiger partial charge in [-0.2, -0.15) is 0 Å². The van der Waals surface area contributed by atoms with E-state index in [-0.39, 0.29) is 17.7 Å². The van der Waals surface area contributed by atoms with Crippen molar-refractivity contribution in [3.05, 3.63) is 35.4 Å². The van der Waals surface area contributed by atoms with E-state index in [0.717, 1.165) is 25.2 Å². The Bertz CT molecular complexity index is 594. The van der Waals surface area contributed by atoms with Crippen molar-refractivity contribution in [1.29, 1.82) is 0 Å². The summed E-state index contributed by atoms with van der Waals surface area (Å²) < 4.78 is 5.43. The Kier molecular flexibility index (Phi) is 4.66. The van der Waals surface area contributed by atoms with Gasteiger partial charge < -0.3 is 14.7 Å². The van der Waals surface area contributed by atoms with E-state index in [2.05, 4.69) is 6.07 Å². The fourth-order valence-electron chi connectivity index (χ4n) is 3.60. The van der Waals surface area contributed by atoms with Gasteiger partial charge in [0.15, 0.2) is 0 Å². The summed E-state index contributed by atoms with van der Waals surface area (Å²) in [5.41, 5.74) is 1.84. The molecule has 2 aliphatic heterocycles. The maximum atomic E-state index is 12.7. The summed E-state index contributed by atoms with van der Waals surface area (Å²) in [7, 11) is 0. The van der Waals surface area contributed by atoms with E-state index >= 15 is 0 Å². The summed E-state index contributed by atoms with van der Waals surface area (Å²) >= 11 is 0. The van der Waals surface area contributed by atoms with Crippen LogP contribution in [0.3, 0.4) is 0 Å². The van der Waals surface area contributed by atoms with Gasteiger partial charge in [0, 0.05) is 31.2 Å². The van der Waals surface area contributed by atoms with Gasteiger partial charge in [0.25, 0.3) is 5.91 Å². The first-order valence-corrected chi connectivity index (χ1v) is 8.26. The lowest BCUT2D eigenvalue weighted by atomic mass is 9.86. The van der Waals surface area contributed by atoms with Gasteiger partial charge in [-0.3, -0.25) is 9.59 Å². The summed E-state index contributed by atoms with van der Waals surface area (Å²) in [6.07, 6.45) is 1.52. The molecule has 23 heavy (non-hydrogen) atoms. The molecule has 1 N–H and O–H groups in total. The number of hydrogen-bond donors (Lipinski definition) is 1. The first-order chi connectivity index (χ1) is 11.1. The molecular formula is C18H23NO4. The maximum Gasteiger partial charge on any atom is 0.306 e. The Labute approximate surface area is 136 Å². The van der Waals surface area contributed by atoms with Gasteiger partial charge in [0.05, 0.1) is 12.5 Å². The molecule has 2 fully saturated rings. The third kappa shape index (κ3) is 3.39. The summed E-state index contributed by atoms with van der Waals surface area (Å²) in [6, 6.07) is 7.79. The van der Waals surface area contributed by atoms with Crippen molar-refractivity contribution in [3.63, 3.8) is 0 Å². The predicted octanol–water partition coefficient (Wildman–Crippen LogP) is 2.37. The summed E-state index contributed by atoms with van der Waals surface area (Å²) in [5.74, 6) is -0.744. The normalized spacial score (nSPS) is 27.9. The molecule has 0 radical (unpaired) electrons. The van der Waals surface area contributed by atoms with Gasteiger partial charge in [-0.25, -0.2) is 0 Å². The van der Waals surface area contributed by atoms with E-state index in [9.17, 15) is 14.7 Å². The first-order valence-electron chi connectivity index (χ1n) is 8.26. The Morgan fingerprint density at radius 2 is 2.13 bits per heavy atom. The highest BCUT2D eigenvalue weighted by Gasteiger charge is 2.33. The molecule has 3 rings (SSSR count). The summed E-state index contributed by atoms with van der Waals surface area (Å²) in [6.45, 7) is 4.43. The standard InChI is InChI=1S/C18H23NO4/c1-12-10-19(7-5-16(12)18(21)22)17(20)14-4-2-3-13(9-14)15-6-8-23-11-15/h2-4,9,12,15-16H,5-8,10-11H2,1H3,(H,21,22). The van der Waals surface area contributed by atoms with Crippen molar-refractivity contribution in [1.82, 2.24) is 4.90 Å². The molecule has 0 aliphatic carbocycles. The van der Waals surface area contributed by atoms with E-state index in [0.29, 0.717) is 31.0 Å². The third-order valence-corrected chi connectivity index (χ3v) is 5.04. The van der Waals surface area contributed by atoms with Crippen LogP contribution in [-0.4, -0.2) is 48.2 Å². The Hall–Kier alpha value is -1.88. The molecule has 2 saturated heterocycles. The largest absolute Gasteiger partial charge is 0.481 e. The number of amides is 1. The van der Waals surface area contributed by atoms with Crippen molar-refractivity contribution in [2.45, 2.75) is 25.7 Å². The molecule has 1 amide bonds. The van der Waals surface area contributed by atoms with Gasteiger partial charge in [-0.15, -0.1) is 0 Å². The molecule has 2 aliphatic rings. The second-order valence-corrected chi connectivity index (χ2v) is 6.65. The SMILES string of the molecule is CC1CN(C(=O)c2cccc(C3CCOC3)c2)CCC1C(=O)O. The number of piperidine rings is 1. The van der Waals surface area contributed by atoms with Crippen molar-refractivity contribution in [2.75, 3.05) is 26.3 Å². The van der Waals surface area contributed by atoms with Gasteiger partial charge >= 0.3 is 5.97 Å². The molecule has 5 heteroatoms. The van der Waals surface area contributed by atoms with Crippen LogP contribution in [0.25, 0.3) is 0 Å². The zero-order chi connectivity index (χ0) is 16.4. The van der Waals surface area contributed by atoms with Crippen molar-refractivity contribution >= 4 is 11.9 Å². The topological polar surface area (TPSA) is 66.8 Å². The van der Waals surface area contributed by atoms with Crippen LogP contribution in [0, 0.1) is 11.8 Å². The van der Waals surface area contributed by atoms with Crippen LogP contribution in [-0.2, 0) is 9.53 Å². The van der Waals surface area contributed by atoms with Crippen molar-refractivity contribution < 1.29 is 19.4 Å². The Morgan fingerprint density at radius 3 is 2.78 bits per heavy atom. The maximum absolute atomic E-state index is 12.7. The second-order valence-electron chi connectivity index (χ2n) is 6.65. The number of rotatable bonds is 3. The van der Waals surface area contributed by atoms with Crippen LogP contribution in [0.2, 0.25) is 0 Å². The third-order valence-electron chi connectivity index (χ3n) is 5.04. The molecule has 0 aromatic heterocycles. The fraction of sp³-hybridized carbons (Fsp3) is 0.556. The van der Waals surface area contributed by atoms with E-state index in [1.54, 1.807) is 4.90 Å². The molecule has 3 unspecified atom stereocenters. The molecule has 124 valence electrons. The van der Waals surface area contributed by atoms with Crippen molar-refractivity contribution in [2.24, 2.45) is 11.8 Å². The minimum atomic E-state index is -0.757. The quantitative estimate of drug-likeness (QED) is 0.929. The number of carboxylic acids is 1. The van der Waals surface area contributed by atoms with Crippen LogP contribution in [0.4, 0.5) is 0 Å². The lowest BCUT2D eigenvalue weighted by Gasteiger charge is -2.35. The number of carbonyl (C=O) groups is 2. The fourth-order valence-corrected chi connectivity index (χ4v) is 3.60. The lowest BCUT2D eigenvalue weighted by Crippen LogP contribution is -2.45. The van der Waals surface area contributed by atoms with Crippen LogP contribution in [0.15, 0.2) is 24.3 Å². The van der Waals surface area contributed by atoms with Crippen LogP contribution >= 0.6 is 0 Å². The molecule has 3 atom stereocenters. The molecule has 0 bridgehead atoms. The number of hydrogen-bond acceptors (Lipinski definition) is 3. The zero-order valence-electron chi connectivity index (χ0n) is 13.4. The molecular weight excluding hydrogens is 294 g/mol. The minimum Gasteiger partial charge on any atom is -0.481 e. The first kappa shape index (κ1) is 16.0. The Morgan fingerprint density at radius 1 is 1.30 bits per heavy atom. The average molecular weight is 317 g/mol. The minimum absolute atomic E-state index is 0.00135. The second kappa shape index (κ2) is 6.71. The monoisotopic (exact) mass is 317 g/mol. The van der Waals surface area contributed by atoms with E-state index in [1.807, 2.05) is 25.1 Å². The van der Waals surface area contributed by atoms with E-state index < -0.39 is 5.97 Å². The predicted molar refractivity (Wildman–Crippen MR) is 85.4 cm³/mol. The molecule has 1 aromatic carbocycles. The van der Waals surface area contributed by atoms with E-state index in [1.165, 1.54) is 0 Å². The smallest absolute Gasteiger partial charge is 0.306 e. The summed E-state index contributed by atoms with van der Waals surface area (Å²) in [5, 5.41) is 9.19. The molecule has 0 spiro atoms. The zero-order valence-corrected chi connectivity index (χ0v) is 13.4. The number of carboxylic acid groups (broad SMARTS) is 1. The molecule has 1 aromatic rings. The van der Waals surface area contributed by atoms with Crippen molar-refractivity contribution in [3.8, 4) is 0 Å². The van der Waals surface area contributed by atoms with Crippen LogP contribution < -0.4 is 0 Å². The number of ether oxygens (including phenoxy) is 1. The highest BCUT2D eigenvalue weighted by molar-refractivity contribution is 5.94. The average Bonchev–Trinajstić information content (AvgIpc) is 3.08. The van der Waals surface area contributed by atoms with Gasteiger partial charge in [0.1, 0.15) is 0 Å². The van der Waals surface area contributed by atoms with Crippen LogP contribution in [0.1, 0.15) is 41.6 Å². The lowest BCUT2D eigenvalue weighted by molar-refractivity contribution is -0.145. The number of nitrogens with zero attached hydrogens (tertiary/aromatic N) is 1. The molecule has 5 nitrogen and oxygen atoms in total. The highest BCUT2D eigenvalue weighted by Crippen LogP contribution is 2.28. The van der Waals surface area contributed by atoms with Gasteiger partial charge in [0.2, 0.25) is 0 Å². The number of benzene rings is 1. The highest BCUT2D eigenvalue weighted by atomic mass is 16.5. The molecule has 0 saturated carbocycles. The van der Waals surface area contributed by atoms with Gasteiger partial charge in [-0.1, -0.05) is 19.1 Å². The molecule has 2 heterocycles. The number of aliphatic carboxylic acids is 1. The number of likely N-dealkylation sites (tertiary alicyclic amines) is 1.